The van der Waals surface area contributed by atoms with Crippen molar-refractivity contribution in [1.82, 2.24) is 14.9 Å². The van der Waals surface area contributed by atoms with E-state index in [-0.39, 0.29) is 11.1 Å². The molecule has 0 bridgehead atoms. The Labute approximate surface area is 153 Å². The molecule has 4 rings (SSSR count). The molecule has 2 aromatic heterocycles. The number of benzene rings is 1. The van der Waals surface area contributed by atoms with Crippen LogP contribution in [0.3, 0.4) is 0 Å². The Bertz CT molecular complexity index is 1040. The van der Waals surface area contributed by atoms with Crippen LogP contribution >= 0.6 is 11.8 Å². The lowest BCUT2D eigenvalue weighted by molar-refractivity contribution is -0.115. The number of thioether (sulfide) groups is 1. The SMILES string of the molecule is COc1ccc2c(c1)c(/C=C1\SC(=O)NC1=O)cn2Cc1ccccn1. The maximum atomic E-state index is 11.9. The molecule has 26 heavy (non-hydrogen) atoms. The number of hydrogen-bond donors (Lipinski definition) is 1. The van der Waals surface area contributed by atoms with Crippen molar-refractivity contribution >= 4 is 39.9 Å². The van der Waals surface area contributed by atoms with Crippen LogP contribution in [-0.4, -0.2) is 27.8 Å². The molecule has 1 aromatic carbocycles. The highest BCUT2D eigenvalue weighted by molar-refractivity contribution is 8.18. The van der Waals surface area contributed by atoms with Crippen LogP contribution in [0.5, 0.6) is 5.75 Å². The maximum absolute atomic E-state index is 11.9. The quantitative estimate of drug-likeness (QED) is 0.717. The lowest BCUT2D eigenvalue weighted by Gasteiger charge is -2.05. The Morgan fingerprint density at radius 3 is 2.85 bits per heavy atom. The first-order valence-electron chi connectivity index (χ1n) is 7.95. The van der Waals surface area contributed by atoms with Crippen LogP contribution < -0.4 is 10.1 Å². The first-order chi connectivity index (χ1) is 12.6. The number of aromatic nitrogens is 2. The third-order valence-corrected chi connectivity index (χ3v) is 4.92. The number of carbonyl (C=O) groups excluding carboxylic acids is 2. The highest BCUT2D eigenvalue weighted by Gasteiger charge is 2.25. The number of ether oxygens (including phenoxy) is 1. The van der Waals surface area contributed by atoms with Crippen LogP contribution in [0.15, 0.2) is 53.7 Å². The molecule has 0 unspecified atom stereocenters. The van der Waals surface area contributed by atoms with Crippen molar-refractivity contribution in [2.45, 2.75) is 6.54 Å². The van der Waals surface area contributed by atoms with Gasteiger partial charge in [-0.25, -0.2) is 0 Å². The Kier molecular flexibility index (Phi) is 4.22. The number of amides is 2. The summed E-state index contributed by atoms with van der Waals surface area (Å²) >= 11 is 0.909. The lowest BCUT2D eigenvalue weighted by Crippen LogP contribution is -2.17. The minimum absolute atomic E-state index is 0.351. The summed E-state index contributed by atoms with van der Waals surface area (Å²) in [6.07, 6.45) is 5.46. The number of nitrogens with zero attached hydrogens (tertiary/aromatic N) is 2. The first-order valence-corrected chi connectivity index (χ1v) is 8.77. The molecule has 3 heterocycles. The molecule has 1 aliphatic rings. The van der Waals surface area contributed by atoms with E-state index in [2.05, 4.69) is 14.9 Å². The smallest absolute Gasteiger partial charge is 0.290 e. The van der Waals surface area contributed by atoms with Gasteiger partial charge in [-0.05, 0) is 48.2 Å². The second kappa shape index (κ2) is 6.68. The minimum atomic E-state index is -0.367. The summed E-state index contributed by atoms with van der Waals surface area (Å²) < 4.78 is 7.40. The second-order valence-corrected chi connectivity index (χ2v) is 6.78. The van der Waals surface area contributed by atoms with Gasteiger partial charge in [0.15, 0.2) is 0 Å². The fraction of sp³-hybridized carbons (Fsp3) is 0.105. The summed E-state index contributed by atoms with van der Waals surface area (Å²) in [5.41, 5.74) is 2.78. The molecule has 0 spiro atoms. The number of hydrogen-bond acceptors (Lipinski definition) is 5. The van der Waals surface area contributed by atoms with E-state index in [0.29, 0.717) is 11.4 Å². The lowest BCUT2D eigenvalue weighted by atomic mass is 10.1. The van der Waals surface area contributed by atoms with Crippen LogP contribution in [-0.2, 0) is 11.3 Å². The number of fused-ring (bicyclic) bond motifs is 1. The summed E-state index contributed by atoms with van der Waals surface area (Å²) in [5, 5.41) is 2.87. The van der Waals surface area contributed by atoms with Gasteiger partial charge in [0.1, 0.15) is 5.75 Å². The van der Waals surface area contributed by atoms with Crippen LogP contribution in [0.2, 0.25) is 0 Å². The van der Waals surface area contributed by atoms with E-state index in [1.807, 2.05) is 42.6 Å². The van der Waals surface area contributed by atoms with Gasteiger partial charge in [-0.2, -0.15) is 0 Å². The molecule has 7 heteroatoms. The van der Waals surface area contributed by atoms with Crippen molar-refractivity contribution < 1.29 is 14.3 Å². The second-order valence-electron chi connectivity index (χ2n) is 5.77. The van der Waals surface area contributed by atoms with E-state index < -0.39 is 0 Å². The molecule has 2 amide bonds. The molecular weight excluding hydrogens is 350 g/mol. The van der Waals surface area contributed by atoms with Gasteiger partial charge >= 0.3 is 0 Å². The Morgan fingerprint density at radius 1 is 1.27 bits per heavy atom. The normalized spacial score (nSPS) is 15.7. The maximum Gasteiger partial charge on any atom is 0.290 e. The zero-order chi connectivity index (χ0) is 18.1. The average molecular weight is 365 g/mol. The topological polar surface area (TPSA) is 73.2 Å². The van der Waals surface area contributed by atoms with Gasteiger partial charge in [-0.15, -0.1) is 0 Å². The minimum Gasteiger partial charge on any atom is -0.497 e. The van der Waals surface area contributed by atoms with Crippen LogP contribution in [0.4, 0.5) is 4.79 Å². The monoisotopic (exact) mass is 365 g/mol. The zero-order valence-electron chi connectivity index (χ0n) is 13.9. The molecule has 1 N–H and O–H groups in total. The van der Waals surface area contributed by atoms with E-state index in [1.165, 1.54) is 0 Å². The van der Waals surface area contributed by atoms with Crippen molar-refractivity contribution in [2.75, 3.05) is 7.11 Å². The summed E-state index contributed by atoms with van der Waals surface area (Å²) in [5.74, 6) is 0.362. The molecule has 130 valence electrons. The van der Waals surface area contributed by atoms with Crippen molar-refractivity contribution in [3.05, 3.63) is 65.0 Å². The summed E-state index contributed by atoms with van der Waals surface area (Å²) in [4.78, 5) is 28.1. The van der Waals surface area contributed by atoms with Crippen molar-refractivity contribution in [2.24, 2.45) is 0 Å². The predicted octanol–water partition coefficient (Wildman–Crippen LogP) is 3.42. The molecule has 6 nitrogen and oxygen atoms in total. The average Bonchev–Trinajstić information content (AvgIpc) is 3.15. The number of carbonyl (C=O) groups is 2. The first kappa shape index (κ1) is 16.4. The number of methoxy groups -OCH3 is 1. The third-order valence-electron chi connectivity index (χ3n) is 4.11. The molecule has 1 saturated heterocycles. The number of imide groups is 1. The van der Waals surface area contributed by atoms with Gasteiger partial charge in [-0.1, -0.05) is 6.07 Å². The number of rotatable bonds is 4. The molecule has 0 atom stereocenters. The molecule has 0 radical (unpaired) electrons. The molecule has 0 saturated carbocycles. The summed E-state index contributed by atoms with van der Waals surface area (Å²) in [6.45, 7) is 0.602. The van der Waals surface area contributed by atoms with E-state index in [0.717, 1.165) is 39.7 Å². The fourth-order valence-electron chi connectivity index (χ4n) is 2.91. The summed E-state index contributed by atoms with van der Waals surface area (Å²) in [7, 11) is 1.61. The summed E-state index contributed by atoms with van der Waals surface area (Å²) in [6, 6.07) is 11.6. The van der Waals surface area contributed by atoms with E-state index in [1.54, 1.807) is 19.4 Å². The molecule has 1 aliphatic heterocycles. The van der Waals surface area contributed by atoms with Crippen LogP contribution in [0.25, 0.3) is 17.0 Å². The van der Waals surface area contributed by atoms with Crippen molar-refractivity contribution in [3.8, 4) is 5.75 Å². The van der Waals surface area contributed by atoms with Crippen molar-refractivity contribution in [3.63, 3.8) is 0 Å². The largest absolute Gasteiger partial charge is 0.497 e. The Balaban J connectivity index is 1.82. The Morgan fingerprint density at radius 2 is 2.15 bits per heavy atom. The number of nitrogens with one attached hydrogen (secondary N) is 1. The Hall–Kier alpha value is -3.06. The zero-order valence-corrected chi connectivity index (χ0v) is 14.7. The number of pyridine rings is 1. The van der Waals surface area contributed by atoms with Crippen LogP contribution in [0, 0.1) is 0 Å². The van der Waals surface area contributed by atoms with Gasteiger partial charge in [-0.3, -0.25) is 19.9 Å². The highest BCUT2D eigenvalue weighted by Crippen LogP contribution is 2.31. The van der Waals surface area contributed by atoms with Gasteiger partial charge in [0, 0.05) is 28.9 Å². The van der Waals surface area contributed by atoms with Gasteiger partial charge in [0.2, 0.25) is 0 Å². The molecule has 1 fully saturated rings. The van der Waals surface area contributed by atoms with E-state index >= 15 is 0 Å². The highest BCUT2D eigenvalue weighted by atomic mass is 32.2. The molecule has 0 aliphatic carbocycles. The van der Waals surface area contributed by atoms with Crippen LogP contribution in [0.1, 0.15) is 11.3 Å². The van der Waals surface area contributed by atoms with Crippen molar-refractivity contribution in [1.29, 1.82) is 0 Å². The fourth-order valence-corrected chi connectivity index (χ4v) is 3.58. The van der Waals surface area contributed by atoms with Gasteiger partial charge < -0.3 is 9.30 Å². The van der Waals surface area contributed by atoms with E-state index in [4.69, 9.17) is 4.74 Å². The van der Waals surface area contributed by atoms with Gasteiger partial charge in [0.25, 0.3) is 11.1 Å². The molecular formula is C19H15N3O3S. The molecule has 3 aromatic rings. The predicted molar refractivity (Wildman–Crippen MR) is 101 cm³/mol. The standard InChI is InChI=1S/C19H15N3O3S/c1-25-14-5-6-16-15(9-14)12(8-17-18(23)21-19(24)26-17)10-22(16)11-13-4-2-3-7-20-13/h2-10H,11H2,1H3,(H,21,23,24)/b17-8-. The van der Waals surface area contributed by atoms with Gasteiger partial charge in [0.05, 0.1) is 24.3 Å². The van der Waals surface area contributed by atoms with E-state index in [9.17, 15) is 9.59 Å². The third kappa shape index (κ3) is 3.09.